The van der Waals surface area contributed by atoms with E-state index in [4.69, 9.17) is 4.74 Å². The van der Waals surface area contributed by atoms with Gasteiger partial charge in [-0.25, -0.2) is 0 Å². The highest BCUT2D eigenvalue weighted by atomic mass is 16.5. The van der Waals surface area contributed by atoms with E-state index in [0.717, 1.165) is 17.6 Å². The molecule has 3 aliphatic carbocycles. The van der Waals surface area contributed by atoms with Crippen LogP contribution in [0.1, 0.15) is 43.7 Å². The van der Waals surface area contributed by atoms with Gasteiger partial charge in [-0.3, -0.25) is 24.1 Å². The number of anilines is 1. The molecule has 7 nitrogen and oxygen atoms in total. The van der Waals surface area contributed by atoms with Crippen molar-refractivity contribution < 1.29 is 29.0 Å². The Kier molecular flexibility index (Phi) is 5.90. The third-order valence-corrected chi connectivity index (χ3v) is 8.73. The lowest BCUT2D eigenvalue weighted by molar-refractivity contribution is -0.123. The molecule has 2 aromatic carbocycles. The lowest BCUT2D eigenvalue weighted by Crippen LogP contribution is -2.39. The molecule has 6 rings (SSSR count). The maximum atomic E-state index is 14.0. The first-order valence-corrected chi connectivity index (χ1v) is 13.3. The summed E-state index contributed by atoms with van der Waals surface area (Å²) in [5.41, 5.74) is 3.92. The first-order valence-electron chi connectivity index (χ1n) is 13.3. The number of imide groups is 1. The largest absolute Gasteiger partial charge is 0.504 e. The number of benzene rings is 2. The van der Waals surface area contributed by atoms with Crippen LogP contribution in [-0.4, -0.2) is 35.6 Å². The number of carbonyl (C=O) groups is 4. The number of hydrogen-bond donors (Lipinski definition) is 1. The second-order valence-corrected chi connectivity index (χ2v) is 10.7. The van der Waals surface area contributed by atoms with Gasteiger partial charge in [0.15, 0.2) is 23.1 Å². The van der Waals surface area contributed by atoms with Crippen LogP contribution in [0.2, 0.25) is 0 Å². The van der Waals surface area contributed by atoms with Crippen molar-refractivity contribution in [1.29, 1.82) is 0 Å². The van der Waals surface area contributed by atoms with Crippen LogP contribution in [0, 0.1) is 17.8 Å². The third-order valence-electron chi connectivity index (χ3n) is 8.73. The number of Topliss-reactive ketones (excluding diaryl/α,β-unsaturated/α-hetero) is 1. The molecule has 0 bridgehead atoms. The first kappa shape index (κ1) is 25.0. The summed E-state index contributed by atoms with van der Waals surface area (Å²) in [4.78, 5) is 55.6. The molecule has 198 valence electrons. The van der Waals surface area contributed by atoms with Gasteiger partial charge in [-0.15, -0.1) is 0 Å². The van der Waals surface area contributed by atoms with E-state index in [1.54, 1.807) is 37.3 Å². The zero-order valence-electron chi connectivity index (χ0n) is 22.1. The Hall–Kier alpha value is -4.26. The number of ether oxygens (including phenoxy) is 1. The fourth-order valence-electron chi connectivity index (χ4n) is 6.81. The van der Waals surface area contributed by atoms with Crippen LogP contribution >= 0.6 is 0 Å². The number of rotatable bonds is 4. The number of nitrogens with zero attached hydrogens (tertiary/aromatic N) is 1. The fourth-order valence-corrected chi connectivity index (χ4v) is 6.81. The van der Waals surface area contributed by atoms with E-state index in [9.17, 15) is 24.3 Å². The Balaban J connectivity index is 1.49. The van der Waals surface area contributed by atoms with Gasteiger partial charge in [0.1, 0.15) is 0 Å². The van der Waals surface area contributed by atoms with E-state index in [2.05, 4.69) is 0 Å². The summed E-state index contributed by atoms with van der Waals surface area (Å²) in [5.74, 6) is -3.30. The van der Waals surface area contributed by atoms with Crippen LogP contribution in [0.3, 0.4) is 0 Å². The number of ketones is 2. The Morgan fingerprint density at radius 2 is 1.74 bits per heavy atom. The average Bonchev–Trinajstić information content (AvgIpc) is 3.20. The summed E-state index contributed by atoms with van der Waals surface area (Å²) in [6.07, 6.45) is 4.67. The average molecular weight is 524 g/mol. The van der Waals surface area contributed by atoms with Gasteiger partial charge in [0.25, 0.3) is 0 Å². The number of aryl methyl sites for hydroxylation is 1. The Bertz CT molecular complexity index is 1540. The highest BCUT2D eigenvalue weighted by Crippen LogP contribution is 2.57. The van der Waals surface area contributed by atoms with Crippen molar-refractivity contribution >= 4 is 29.1 Å². The summed E-state index contributed by atoms with van der Waals surface area (Å²) in [7, 11) is 1.45. The maximum Gasteiger partial charge on any atom is 0.238 e. The van der Waals surface area contributed by atoms with Gasteiger partial charge < -0.3 is 9.84 Å². The zero-order chi connectivity index (χ0) is 27.6. The second-order valence-electron chi connectivity index (χ2n) is 10.7. The molecule has 1 fully saturated rings. The van der Waals surface area contributed by atoms with Gasteiger partial charge in [-0.1, -0.05) is 42.8 Å². The molecule has 7 heteroatoms. The standard InChI is InChI=1S/C32H29NO6/c1-4-17-8-10-18(11-9-17)33-31(37)21-13-12-19-22(27(21)32(33)38)15-23-28(24(34)14-16(2)29(23)35)26(19)20-6-5-7-25(39-3)30(20)36/h5-12,14,21-22,26-27,36H,4,13,15H2,1-3H3. The molecule has 0 aromatic heterocycles. The summed E-state index contributed by atoms with van der Waals surface area (Å²) in [6.45, 7) is 3.66. The predicted octanol–water partition coefficient (Wildman–Crippen LogP) is 4.60. The van der Waals surface area contributed by atoms with Crippen molar-refractivity contribution in [2.24, 2.45) is 17.8 Å². The van der Waals surface area contributed by atoms with Crippen LogP contribution in [0.4, 0.5) is 5.69 Å². The number of carbonyl (C=O) groups excluding carboxylic acids is 4. The highest BCUT2D eigenvalue weighted by Gasteiger charge is 2.56. The van der Waals surface area contributed by atoms with Crippen molar-refractivity contribution in [3.8, 4) is 11.5 Å². The monoisotopic (exact) mass is 523 g/mol. The minimum Gasteiger partial charge on any atom is -0.504 e. The molecule has 1 N–H and O–H groups in total. The molecule has 0 saturated carbocycles. The van der Waals surface area contributed by atoms with Crippen LogP contribution in [0.5, 0.6) is 11.5 Å². The smallest absolute Gasteiger partial charge is 0.238 e. The molecule has 4 aliphatic rings. The number of para-hydroxylation sites is 1. The number of fused-ring (bicyclic) bond motifs is 3. The molecule has 0 spiro atoms. The van der Waals surface area contributed by atoms with E-state index < -0.39 is 23.7 Å². The molecular weight excluding hydrogens is 494 g/mol. The second kappa shape index (κ2) is 9.19. The molecule has 39 heavy (non-hydrogen) atoms. The van der Waals surface area contributed by atoms with Gasteiger partial charge in [0.05, 0.1) is 24.6 Å². The Labute approximate surface area is 226 Å². The van der Waals surface area contributed by atoms with Gasteiger partial charge in [-0.2, -0.15) is 0 Å². The lowest BCUT2D eigenvalue weighted by Gasteiger charge is -2.42. The predicted molar refractivity (Wildman–Crippen MR) is 144 cm³/mol. The van der Waals surface area contributed by atoms with Crippen molar-refractivity contribution in [2.75, 3.05) is 12.0 Å². The van der Waals surface area contributed by atoms with Crippen molar-refractivity contribution in [3.63, 3.8) is 0 Å². The number of phenolic OH excluding ortho intramolecular Hbond substituents is 1. The third kappa shape index (κ3) is 3.63. The van der Waals surface area contributed by atoms with Crippen molar-refractivity contribution in [3.05, 3.63) is 88.0 Å². The van der Waals surface area contributed by atoms with Crippen LogP contribution in [0.25, 0.3) is 0 Å². The number of methoxy groups -OCH3 is 1. The van der Waals surface area contributed by atoms with E-state index in [1.165, 1.54) is 18.1 Å². The summed E-state index contributed by atoms with van der Waals surface area (Å²) >= 11 is 0. The van der Waals surface area contributed by atoms with Crippen LogP contribution < -0.4 is 9.64 Å². The van der Waals surface area contributed by atoms with Gasteiger partial charge >= 0.3 is 0 Å². The molecule has 1 saturated heterocycles. The zero-order valence-corrected chi connectivity index (χ0v) is 22.1. The molecular formula is C32H29NO6. The molecule has 0 radical (unpaired) electrons. The normalized spacial score (nSPS) is 26.2. The first-order chi connectivity index (χ1) is 18.8. The summed E-state index contributed by atoms with van der Waals surface area (Å²) < 4.78 is 5.34. The maximum absolute atomic E-state index is 14.0. The molecule has 1 heterocycles. The minimum atomic E-state index is -0.726. The van der Waals surface area contributed by atoms with E-state index in [-0.39, 0.29) is 41.3 Å². The lowest BCUT2D eigenvalue weighted by atomic mass is 9.59. The van der Waals surface area contributed by atoms with Crippen LogP contribution in [-0.2, 0) is 25.6 Å². The minimum absolute atomic E-state index is 0.112. The Morgan fingerprint density at radius 1 is 1.00 bits per heavy atom. The van der Waals surface area contributed by atoms with Gasteiger partial charge in [0.2, 0.25) is 11.8 Å². The topological polar surface area (TPSA) is 101 Å². The summed E-state index contributed by atoms with van der Waals surface area (Å²) in [5, 5.41) is 11.1. The molecule has 1 aliphatic heterocycles. The highest BCUT2D eigenvalue weighted by molar-refractivity contribution is 6.25. The van der Waals surface area contributed by atoms with E-state index in [0.29, 0.717) is 34.4 Å². The summed E-state index contributed by atoms with van der Waals surface area (Å²) in [6, 6.07) is 12.5. The number of hydrogen-bond acceptors (Lipinski definition) is 6. The number of phenols is 1. The van der Waals surface area contributed by atoms with Crippen molar-refractivity contribution in [1.82, 2.24) is 0 Å². The quantitative estimate of drug-likeness (QED) is 0.357. The Morgan fingerprint density at radius 3 is 2.44 bits per heavy atom. The van der Waals surface area contributed by atoms with E-state index in [1.807, 2.05) is 25.1 Å². The molecule has 4 unspecified atom stereocenters. The number of aromatic hydroxyl groups is 1. The van der Waals surface area contributed by atoms with Crippen molar-refractivity contribution in [2.45, 2.75) is 39.0 Å². The number of amides is 2. The SMILES string of the molecule is CCc1ccc(N2C(=O)C3CC=C4C(c5cccc(OC)c5O)C5=C(CC4C3C2=O)C(=O)C(C)=CC5=O)cc1. The fraction of sp³-hybridized carbons (Fsp3) is 0.312. The van der Waals surface area contributed by atoms with Crippen LogP contribution in [0.15, 0.2) is 76.9 Å². The van der Waals surface area contributed by atoms with Gasteiger partial charge in [-0.05, 0) is 61.9 Å². The molecule has 2 aromatic rings. The van der Waals surface area contributed by atoms with Gasteiger partial charge in [0, 0.05) is 28.2 Å². The molecule has 2 amide bonds. The number of allylic oxidation sites excluding steroid dienone is 6. The van der Waals surface area contributed by atoms with E-state index >= 15 is 0 Å². The molecule has 4 atom stereocenters.